The smallest absolute Gasteiger partial charge is 0.255 e. The van der Waals surface area contributed by atoms with Crippen LogP contribution in [0.2, 0.25) is 5.15 Å². The molecule has 0 aliphatic heterocycles. The molecule has 0 amide bonds. The monoisotopic (exact) mass is 259 g/mol. The van der Waals surface area contributed by atoms with Crippen LogP contribution in [-0.2, 0) is 6.54 Å². The molecule has 0 spiro atoms. The van der Waals surface area contributed by atoms with Crippen molar-refractivity contribution in [2.75, 3.05) is 0 Å². The molecule has 90 valence electrons. The van der Waals surface area contributed by atoms with Gasteiger partial charge in [-0.2, -0.15) is 5.26 Å². The molecule has 0 aliphatic carbocycles. The van der Waals surface area contributed by atoms with Gasteiger partial charge in [0, 0.05) is 6.07 Å². The third kappa shape index (κ3) is 2.41. The molecule has 0 unspecified atom stereocenters. The fraction of sp³-hybridized carbons (Fsp3) is 0.154. The molecule has 4 nitrogen and oxygen atoms in total. The van der Waals surface area contributed by atoms with Crippen molar-refractivity contribution in [1.29, 1.82) is 5.26 Å². The first kappa shape index (κ1) is 12.3. The molecule has 0 fully saturated rings. The van der Waals surface area contributed by atoms with Crippen LogP contribution < -0.4 is 5.56 Å². The lowest BCUT2D eigenvalue weighted by molar-refractivity contribution is 0.699. The van der Waals surface area contributed by atoms with Gasteiger partial charge >= 0.3 is 0 Å². The molecule has 1 heterocycles. The Morgan fingerprint density at radius 2 is 2.17 bits per heavy atom. The lowest BCUT2D eigenvalue weighted by Gasteiger charge is -2.10. The summed E-state index contributed by atoms with van der Waals surface area (Å²) in [5.41, 5.74) is 1.12. The van der Waals surface area contributed by atoms with Gasteiger partial charge in [-0.15, -0.1) is 0 Å². The van der Waals surface area contributed by atoms with Gasteiger partial charge in [-0.05, 0) is 18.6 Å². The van der Waals surface area contributed by atoms with E-state index in [4.69, 9.17) is 16.9 Å². The number of rotatable bonds is 2. The predicted octanol–water partition coefficient (Wildman–Crippen LogP) is 2.13. The second-order valence-corrected chi connectivity index (χ2v) is 4.21. The van der Waals surface area contributed by atoms with E-state index >= 15 is 0 Å². The van der Waals surface area contributed by atoms with E-state index in [2.05, 4.69) is 11.1 Å². The molecule has 0 radical (unpaired) electrons. The molecule has 5 heteroatoms. The standard InChI is InChI=1S/C13H10ClN3O/c1-9-16-12(14)6-13(18)17(9)8-11-5-3-2-4-10(11)7-15/h2-6H,8H2,1H3. The normalized spacial score (nSPS) is 10.1. The maximum Gasteiger partial charge on any atom is 0.255 e. The number of nitrogens with zero attached hydrogens (tertiary/aromatic N) is 3. The summed E-state index contributed by atoms with van der Waals surface area (Å²) in [6, 6.07) is 10.5. The van der Waals surface area contributed by atoms with Gasteiger partial charge < -0.3 is 0 Å². The van der Waals surface area contributed by atoms with Crippen molar-refractivity contribution in [3.63, 3.8) is 0 Å². The Hall–Kier alpha value is -2.12. The lowest BCUT2D eigenvalue weighted by atomic mass is 10.1. The van der Waals surface area contributed by atoms with Crippen LogP contribution in [0.3, 0.4) is 0 Å². The van der Waals surface area contributed by atoms with E-state index in [1.54, 1.807) is 19.1 Å². The number of aryl methyl sites for hydroxylation is 1. The van der Waals surface area contributed by atoms with Gasteiger partial charge in [-0.3, -0.25) is 9.36 Å². The highest BCUT2D eigenvalue weighted by Crippen LogP contribution is 2.10. The van der Waals surface area contributed by atoms with E-state index in [-0.39, 0.29) is 10.7 Å². The molecule has 0 aliphatic rings. The van der Waals surface area contributed by atoms with Crippen molar-refractivity contribution in [3.05, 3.63) is 62.8 Å². The average Bonchev–Trinajstić information content (AvgIpc) is 2.34. The quantitative estimate of drug-likeness (QED) is 0.777. The van der Waals surface area contributed by atoms with Gasteiger partial charge in [-0.25, -0.2) is 4.98 Å². The number of nitriles is 1. The van der Waals surface area contributed by atoms with Crippen molar-refractivity contribution in [1.82, 2.24) is 9.55 Å². The Kier molecular flexibility index (Phi) is 3.45. The Balaban J connectivity index is 2.48. The van der Waals surface area contributed by atoms with Gasteiger partial charge in [0.2, 0.25) is 0 Å². The number of benzene rings is 1. The van der Waals surface area contributed by atoms with Crippen LogP contribution in [0.25, 0.3) is 0 Å². The molecule has 18 heavy (non-hydrogen) atoms. The summed E-state index contributed by atoms with van der Waals surface area (Å²) in [5.74, 6) is 0.528. The minimum absolute atomic E-state index is 0.183. The van der Waals surface area contributed by atoms with Crippen LogP contribution in [0.4, 0.5) is 0 Å². The first-order chi connectivity index (χ1) is 8.61. The molecular weight excluding hydrogens is 250 g/mol. The van der Waals surface area contributed by atoms with E-state index in [0.717, 1.165) is 5.56 Å². The van der Waals surface area contributed by atoms with E-state index < -0.39 is 0 Å². The molecule has 0 bridgehead atoms. The van der Waals surface area contributed by atoms with Crippen LogP contribution in [0.1, 0.15) is 17.0 Å². The van der Waals surface area contributed by atoms with Crippen molar-refractivity contribution in [3.8, 4) is 6.07 Å². The van der Waals surface area contributed by atoms with Gasteiger partial charge in [-0.1, -0.05) is 29.8 Å². The van der Waals surface area contributed by atoms with Crippen molar-refractivity contribution < 1.29 is 0 Å². The van der Waals surface area contributed by atoms with Gasteiger partial charge in [0.15, 0.2) is 0 Å². The molecule has 0 N–H and O–H groups in total. The average molecular weight is 260 g/mol. The molecule has 1 aromatic heterocycles. The molecule has 0 saturated carbocycles. The number of aromatic nitrogens is 2. The predicted molar refractivity (Wildman–Crippen MR) is 68.5 cm³/mol. The summed E-state index contributed by atoms with van der Waals surface area (Å²) in [7, 11) is 0. The fourth-order valence-corrected chi connectivity index (χ4v) is 1.93. The second kappa shape index (κ2) is 5.03. The fourth-order valence-electron chi connectivity index (χ4n) is 1.72. The number of hydrogen-bond donors (Lipinski definition) is 0. The Labute approximate surface area is 109 Å². The minimum Gasteiger partial charge on any atom is -0.292 e. The van der Waals surface area contributed by atoms with Crippen LogP contribution in [0.5, 0.6) is 0 Å². The molecule has 1 aromatic carbocycles. The SMILES string of the molecule is Cc1nc(Cl)cc(=O)n1Cc1ccccc1C#N. The summed E-state index contributed by atoms with van der Waals surface area (Å²) in [5, 5.41) is 9.19. The highest BCUT2D eigenvalue weighted by molar-refractivity contribution is 6.29. The Morgan fingerprint density at radius 3 is 2.83 bits per heavy atom. The zero-order valence-electron chi connectivity index (χ0n) is 9.72. The maximum absolute atomic E-state index is 11.8. The first-order valence-electron chi connectivity index (χ1n) is 5.34. The first-order valence-corrected chi connectivity index (χ1v) is 5.71. The Morgan fingerprint density at radius 1 is 1.44 bits per heavy atom. The molecule has 0 saturated heterocycles. The summed E-state index contributed by atoms with van der Waals surface area (Å²) >= 11 is 5.71. The zero-order valence-corrected chi connectivity index (χ0v) is 10.5. The number of hydrogen-bond acceptors (Lipinski definition) is 3. The molecule has 2 aromatic rings. The van der Waals surface area contributed by atoms with Crippen LogP contribution in [0.15, 0.2) is 35.1 Å². The summed E-state index contributed by atoms with van der Waals surface area (Å²) in [4.78, 5) is 15.9. The molecule has 0 atom stereocenters. The summed E-state index contributed by atoms with van der Waals surface area (Å²) < 4.78 is 1.49. The van der Waals surface area contributed by atoms with E-state index in [0.29, 0.717) is 17.9 Å². The summed E-state index contributed by atoms with van der Waals surface area (Å²) in [6.45, 7) is 2.03. The second-order valence-electron chi connectivity index (χ2n) is 3.82. The van der Waals surface area contributed by atoms with Crippen molar-refractivity contribution in [2.24, 2.45) is 0 Å². The lowest BCUT2D eigenvalue weighted by Crippen LogP contribution is -2.23. The summed E-state index contributed by atoms with van der Waals surface area (Å²) in [6.07, 6.45) is 0. The zero-order chi connectivity index (χ0) is 13.1. The van der Waals surface area contributed by atoms with Gasteiger partial charge in [0.25, 0.3) is 5.56 Å². The third-order valence-corrected chi connectivity index (χ3v) is 2.83. The topological polar surface area (TPSA) is 58.7 Å². The van der Waals surface area contributed by atoms with Crippen LogP contribution in [0, 0.1) is 18.3 Å². The Bertz CT molecular complexity index is 685. The van der Waals surface area contributed by atoms with Gasteiger partial charge in [0.05, 0.1) is 18.2 Å². The highest BCUT2D eigenvalue weighted by Gasteiger charge is 2.07. The van der Waals surface area contributed by atoms with Crippen LogP contribution in [-0.4, -0.2) is 9.55 Å². The van der Waals surface area contributed by atoms with E-state index in [1.165, 1.54) is 10.6 Å². The van der Waals surface area contributed by atoms with E-state index in [9.17, 15) is 4.79 Å². The third-order valence-electron chi connectivity index (χ3n) is 2.63. The number of halogens is 1. The maximum atomic E-state index is 11.8. The van der Waals surface area contributed by atoms with Crippen LogP contribution >= 0.6 is 11.6 Å². The molecule has 2 rings (SSSR count). The van der Waals surface area contributed by atoms with Crippen molar-refractivity contribution >= 4 is 11.6 Å². The van der Waals surface area contributed by atoms with E-state index in [1.807, 2.05) is 12.1 Å². The minimum atomic E-state index is -0.222. The largest absolute Gasteiger partial charge is 0.292 e. The van der Waals surface area contributed by atoms with Crippen molar-refractivity contribution in [2.45, 2.75) is 13.5 Å². The van der Waals surface area contributed by atoms with Gasteiger partial charge in [0.1, 0.15) is 11.0 Å². The highest BCUT2D eigenvalue weighted by atomic mass is 35.5. The molecular formula is C13H10ClN3O.